The number of nitrogens with two attached hydrogens (primary N) is 1. The molecule has 1 heterocycles. The molecule has 0 aliphatic carbocycles. The Morgan fingerprint density at radius 3 is 3.00 bits per heavy atom. The average molecular weight is 198 g/mol. The van der Waals surface area contributed by atoms with E-state index < -0.39 is 17.8 Å². The number of carboxylic acid groups (broad SMARTS) is 1. The summed E-state index contributed by atoms with van der Waals surface area (Å²) in [4.78, 5) is 14.0. The number of nitrogens with zero attached hydrogens (tertiary/aromatic N) is 1. The summed E-state index contributed by atoms with van der Waals surface area (Å²) in [5, 5.41) is 8.41. The van der Waals surface area contributed by atoms with Gasteiger partial charge in [-0.1, -0.05) is 0 Å². The molecule has 0 saturated heterocycles. The molecule has 1 rings (SSSR count). The zero-order chi connectivity index (χ0) is 10.6. The number of carboxylic acids is 1. The number of hydrogen-bond acceptors (Lipinski definition) is 3. The Kier molecular flexibility index (Phi) is 3.53. The van der Waals surface area contributed by atoms with Gasteiger partial charge in [-0.05, 0) is 18.6 Å². The van der Waals surface area contributed by atoms with Crippen molar-refractivity contribution in [2.75, 3.05) is 0 Å². The van der Waals surface area contributed by atoms with Gasteiger partial charge in [-0.15, -0.1) is 0 Å². The van der Waals surface area contributed by atoms with Crippen LogP contribution in [0.5, 0.6) is 0 Å². The molecule has 1 aromatic rings. The molecule has 5 heteroatoms. The van der Waals surface area contributed by atoms with Gasteiger partial charge < -0.3 is 10.8 Å². The number of rotatable bonds is 4. The van der Waals surface area contributed by atoms with E-state index >= 15 is 0 Å². The lowest BCUT2D eigenvalue weighted by Crippen LogP contribution is -2.15. The molecule has 0 spiro atoms. The molecule has 4 nitrogen and oxygen atoms in total. The number of aliphatic carboxylic acids is 1. The van der Waals surface area contributed by atoms with Crippen LogP contribution >= 0.6 is 0 Å². The van der Waals surface area contributed by atoms with Crippen LogP contribution in [0.25, 0.3) is 0 Å². The van der Waals surface area contributed by atoms with Gasteiger partial charge in [0.05, 0.1) is 11.7 Å². The van der Waals surface area contributed by atoms with Crippen molar-refractivity contribution in [2.45, 2.75) is 18.9 Å². The number of hydrogen-bond donors (Lipinski definition) is 2. The van der Waals surface area contributed by atoms with E-state index in [0.717, 1.165) is 0 Å². The number of aromatic nitrogens is 1. The molecule has 0 aromatic carbocycles. The number of carbonyl (C=O) groups is 1. The Hall–Kier alpha value is -1.49. The van der Waals surface area contributed by atoms with Crippen molar-refractivity contribution >= 4 is 5.97 Å². The molecule has 0 radical (unpaired) electrons. The van der Waals surface area contributed by atoms with E-state index in [1.807, 2.05) is 0 Å². The van der Waals surface area contributed by atoms with Crippen LogP contribution < -0.4 is 5.73 Å². The predicted molar refractivity (Wildman–Crippen MR) is 48.0 cm³/mol. The van der Waals surface area contributed by atoms with Crippen molar-refractivity contribution in [3.05, 3.63) is 29.8 Å². The first-order valence-electron chi connectivity index (χ1n) is 4.19. The zero-order valence-corrected chi connectivity index (χ0v) is 7.48. The Morgan fingerprint density at radius 1 is 1.71 bits per heavy atom. The Balaban J connectivity index is 2.65. The molecule has 76 valence electrons. The highest BCUT2D eigenvalue weighted by Crippen LogP contribution is 2.15. The van der Waals surface area contributed by atoms with Crippen molar-refractivity contribution in [1.29, 1.82) is 0 Å². The quantitative estimate of drug-likeness (QED) is 0.759. The molecule has 0 amide bonds. The van der Waals surface area contributed by atoms with Gasteiger partial charge >= 0.3 is 5.97 Å². The van der Waals surface area contributed by atoms with E-state index in [9.17, 15) is 9.18 Å². The second-order valence-electron chi connectivity index (χ2n) is 2.91. The highest BCUT2D eigenvalue weighted by atomic mass is 19.1. The van der Waals surface area contributed by atoms with Crippen LogP contribution in [0.2, 0.25) is 0 Å². The normalized spacial score (nSPS) is 12.4. The van der Waals surface area contributed by atoms with Crippen molar-refractivity contribution in [1.82, 2.24) is 4.98 Å². The van der Waals surface area contributed by atoms with Gasteiger partial charge in [-0.3, -0.25) is 9.78 Å². The molecule has 0 bridgehead atoms. The monoisotopic (exact) mass is 198 g/mol. The van der Waals surface area contributed by atoms with Crippen LogP contribution in [-0.4, -0.2) is 16.1 Å². The first kappa shape index (κ1) is 10.6. The number of pyridine rings is 1. The van der Waals surface area contributed by atoms with Gasteiger partial charge in [-0.25, -0.2) is 4.39 Å². The van der Waals surface area contributed by atoms with E-state index in [0.29, 0.717) is 0 Å². The molecule has 0 fully saturated rings. The molecular weight excluding hydrogens is 187 g/mol. The van der Waals surface area contributed by atoms with E-state index in [1.54, 1.807) is 0 Å². The maximum Gasteiger partial charge on any atom is 0.303 e. The maximum absolute atomic E-state index is 13.1. The maximum atomic E-state index is 13.1. The van der Waals surface area contributed by atoms with Crippen molar-refractivity contribution in [2.24, 2.45) is 5.73 Å². The predicted octanol–water partition coefficient (Wildman–Crippen LogP) is 1.09. The fraction of sp³-hybridized carbons (Fsp3) is 0.333. The lowest BCUT2D eigenvalue weighted by atomic mass is 10.1. The van der Waals surface area contributed by atoms with Gasteiger partial charge in [0.15, 0.2) is 0 Å². The smallest absolute Gasteiger partial charge is 0.303 e. The minimum atomic E-state index is -0.947. The molecule has 1 aromatic heterocycles. The van der Waals surface area contributed by atoms with Gasteiger partial charge in [0, 0.05) is 12.6 Å². The van der Waals surface area contributed by atoms with Gasteiger partial charge in [0.25, 0.3) is 0 Å². The molecule has 3 N–H and O–H groups in total. The first-order valence-corrected chi connectivity index (χ1v) is 4.19. The fourth-order valence-electron chi connectivity index (χ4n) is 1.09. The van der Waals surface area contributed by atoms with Crippen LogP contribution in [0.4, 0.5) is 4.39 Å². The molecule has 0 aliphatic rings. The van der Waals surface area contributed by atoms with E-state index in [4.69, 9.17) is 10.8 Å². The molecule has 1 unspecified atom stereocenters. The van der Waals surface area contributed by atoms with E-state index in [1.165, 1.54) is 18.3 Å². The third-order valence-corrected chi connectivity index (χ3v) is 1.81. The summed E-state index contributed by atoms with van der Waals surface area (Å²) in [7, 11) is 0. The van der Waals surface area contributed by atoms with Crippen molar-refractivity contribution < 1.29 is 14.3 Å². The van der Waals surface area contributed by atoms with Crippen LogP contribution in [0.1, 0.15) is 24.6 Å². The topological polar surface area (TPSA) is 76.2 Å². The van der Waals surface area contributed by atoms with Gasteiger partial charge in [-0.2, -0.15) is 0 Å². The second-order valence-corrected chi connectivity index (χ2v) is 2.91. The first-order chi connectivity index (χ1) is 6.61. The highest BCUT2D eigenvalue weighted by molar-refractivity contribution is 5.66. The Morgan fingerprint density at radius 2 is 2.43 bits per heavy atom. The number of halogens is 1. The standard InChI is InChI=1S/C9H11FN2O2/c10-6-2-1-5-12-9(6)7(11)3-4-8(13)14/h1-2,5,7H,3-4,11H2,(H,13,14). The minimum absolute atomic E-state index is 0.0861. The van der Waals surface area contributed by atoms with Crippen LogP contribution in [0.3, 0.4) is 0 Å². The van der Waals surface area contributed by atoms with Crippen LogP contribution in [-0.2, 0) is 4.79 Å². The zero-order valence-electron chi connectivity index (χ0n) is 7.48. The molecule has 1 atom stereocenters. The summed E-state index contributed by atoms with van der Waals surface area (Å²) >= 11 is 0. The lowest BCUT2D eigenvalue weighted by molar-refractivity contribution is -0.137. The SMILES string of the molecule is NC(CCC(=O)O)c1ncccc1F. The summed E-state index contributed by atoms with van der Waals surface area (Å²) in [6.07, 6.45) is 1.53. The van der Waals surface area contributed by atoms with Gasteiger partial charge in [0.1, 0.15) is 5.82 Å². The van der Waals surface area contributed by atoms with Crippen molar-refractivity contribution in [3.63, 3.8) is 0 Å². The Labute approximate surface area is 80.6 Å². The van der Waals surface area contributed by atoms with E-state index in [2.05, 4.69) is 4.98 Å². The largest absolute Gasteiger partial charge is 0.481 e. The average Bonchev–Trinajstić information content (AvgIpc) is 2.15. The molecule has 14 heavy (non-hydrogen) atoms. The van der Waals surface area contributed by atoms with E-state index in [-0.39, 0.29) is 18.5 Å². The summed E-state index contributed by atoms with van der Waals surface area (Å²) in [6.45, 7) is 0. The molecule has 0 saturated carbocycles. The summed E-state index contributed by atoms with van der Waals surface area (Å²) in [5.74, 6) is -1.44. The highest BCUT2D eigenvalue weighted by Gasteiger charge is 2.13. The van der Waals surface area contributed by atoms with Crippen molar-refractivity contribution in [3.8, 4) is 0 Å². The van der Waals surface area contributed by atoms with Crippen LogP contribution in [0.15, 0.2) is 18.3 Å². The molecule has 0 aliphatic heterocycles. The molecular formula is C9H11FN2O2. The second kappa shape index (κ2) is 4.66. The van der Waals surface area contributed by atoms with Crippen LogP contribution in [0, 0.1) is 5.82 Å². The minimum Gasteiger partial charge on any atom is -0.481 e. The summed E-state index contributed by atoms with van der Waals surface area (Å²) in [5.41, 5.74) is 5.70. The third-order valence-electron chi connectivity index (χ3n) is 1.81. The summed E-state index contributed by atoms with van der Waals surface area (Å²) < 4.78 is 13.1. The fourth-order valence-corrected chi connectivity index (χ4v) is 1.09. The lowest BCUT2D eigenvalue weighted by Gasteiger charge is -2.09. The summed E-state index contributed by atoms with van der Waals surface area (Å²) in [6, 6.07) is 2.05. The van der Waals surface area contributed by atoms with Gasteiger partial charge in [0.2, 0.25) is 0 Å². The third kappa shape index (κ3) is 2.77. The Bertz CT molecular complexity index is 330.